The Kier molecular flexibility index (Phi) is 9.38. The molecule has 1 heterocycles. The fourth-order valence-corrected chi connectivity index (χ4v) is 4.52. The van der Waals surface area contributed by atoms with Gasteiger partial charge in [0.15, 0.2) is 0 Å². The molecule has 176 valence electrons. The molecule has 1 aromatic carbocycles. The second-order valence-corrected chi connectivity index (χ2v) is 8.75. The van der Waals surface area contributed by atoms with Crippen LogP contribution in [0.15, 0.2) is 18.2 Å². The summed E-state index contributed by atoms with van der Waals surface area (Å²) < 4.78 is 10.9. The van der Waals surface area contributed by atoms with Crippen LogP contribution in [0.25, 0.3) is 0 Å². The van der Waals surface area contributed by atoms with Gasteiger partial charge in [0, 0.05) is 38.0 Å². The molecule has 0 radical (unpaired) electrons. The highest BCUT2D eigenvalue weighted by atomic mass is 16.5. The number of hydrogen-bond acceptors (Lipinski definition) is 5. The molecular formula is C25H36N2O5. The van der Waals surface area contributed by atoms with Gasteiger partial charge in [-0.3, -0.25) is 14.4 Å². The van der Waals surface area contributed by atoms with Crippen molar-refractivity contribution < 1.29 is 23.9 Å². The number of anilines is 1. The number of hydrogen-bond donors (Lipinski definition) is 1. The number of carbonyl (C=O) groups is 3. The molecule has 7 nitrogen and oxygen atoms in total. The summed E-state index contributed by atoms with van der Waals surface area (Å²) in [5, 5.41) is 2.88. The molecule has 1 aliphatic heterocycles. The molecule has 0 spiro atoms. The van der Waals surface area contributed by atoms with E-state index in [0.29, 0.717) is 45.1 Å². The molecular weight excluding hydrogens is 408 g/mol. The van der Waals surface area contributed by atoms with Gasteiger partial charge >= 0.3 is 5.97 Å². The zero-order chi connectivity index (χ0) is 22.8. The van der Waals surface area contributed by atoms with Crippen molar-refractivity contribution in [2.75, 3.05) is 25.1 Å². The first-order valence-corrected chi connectivity index (χ1v) is 12.0. The van der Waals surface area contributed by atoms with E-state index in [4.69, 9.17) is 9.47 Å². The molecule has 0 aromatic heterocycles. The Morgan fingerprint density at radius 1 is 1.06 bits per heavy atom. The van der Waals surface area contributed by atoms with Crippen molar-refractivity contribution in [2.24, 2.45) is 0 Å². The maximum atomic E-state index is 12.9. The standard InChI is InChI=1S/C25H36N2O5/c1-19(28)31-17-7-15-27(21-8-3-2-4-9-21)25(30)10-5-6-16-32-22-12-13-23-20(18-22)11-14-24(29)26-23/h12-13,18,21H,2-11,14-17H2,1H3,(H,26,29). The summed E-state index contributed by atoms with van der Waals surface area (Å²) in [6.45, 7) is 2.99. The average Bonchev–Trinajstić information content (AvgIpc) is 2.79. The lowest BCUT2D eigenvalue weighted by atomic mass is 9.93. The maximum absolute atomic E-state index is 12.9. The molecule has 0 unspecified atom stereocenters. The summed E-state index contributed by atoms with van der Waals surface area (Å²) in [5.41, 5.74) is 1.98. The molecule has 3 rings (SSSR count). The number of aryl methyl sites for hydroxylation is 1. The van der Waals surface area contributed by atoms with E-state index in [1.807, 2.05) is 23.1 Å². The van der Waals surface area contributed by atoms with E-state index in [2.05, 4.69) is 5.32 Å². The number of unbranched alkanes of at least 4 members (excludes halogenated alkanes) is 1. The molecule has 0 atom stereocenters. The number of fused-ring (bicyclic) bond motifs is 1. The minimum atomic E-state index is -0.274. The Hall–Kier alpha value is -2.57. The van der Waals surface area contributed by atoms with Gasteiger partial charge in [0.05, 0.1) is 13.2 Å². The van der Waals surface area contributed by atoms with E-state index in [1.165, 1.54) is 26.2 Å². The Bertz CT molecular complexity index is 789. The van der Waals surface area contributed by atoms with Gasteiger partial charge in [-0.1, -0.05) is 19.3 Å². The fourth-order valence-electron chi connectivity index (χ4n) is 4.52. The average molecular weight is 445 g/mol. The van der Waals surface area contributed by atoms with Gasteiger partial charge in [0.2, 0.25) is 11.8 Å². The smallest absolute Gasteiger partial charge is 0.302 e. The first kappa shape index (κ1) is 24.1. The first-order chi connectivity index (χ1) is 15.5. The summed E-state index contributed by atoms with van der Waals surface area (Å²) in [6, 6.07) is 6.08. The van der Waals surface area contributed by atoms with Crippen molar-refractivity contribution >= 4 is 23.5 Å². The second-order valence-electron chi connectivity index (χ2n) is 8.75. The molecule has 1 aromatic rings. The molecule has 1 fully saturated rings. The lowest BCUT2D eigenvalue weighted by Crippen LogP contribution is -2.42. The monoisotopic (exact) mass is 444 g/mol. The first-order valence-electron chi connectivity index (χ1n) is 12.0. The maximum Gasteiger partial charge on any atom is 0.302 e. The topological polar surface area (TPSA) is 84.9 Å². The third kappa shape index (κ3) is 7.53. The quantitative estimate of drug-likeness (QED) is 0.408. The highest BCUT2D eigenvalue weighted by Crippen LogP contribution is 2.27. The van der Waals surface area contributed by atoms with Gasteiger partial charge in [-0.25, -0.2) is 0 Å². The van der Waals surface area contributed by atoms with E-state index in [9.17, 15) is 14.4 Å². The molecule has 32 heavy (non-hydrogen) atoms. The van der Waals surface area contributed by atoms with Gasteiger partial charge in [-0.15, -0.1) is 0 Å². The van der Waals surface area contributed by atoms with Crippen molar-refractivity contribution in [1.29, 1.82) is 0 Å². The Morgan fingerprint density at radius 2 is 1.88 bits per heavy atom. The number of esters is 1. The molecule has 0 saturated heterocycles. The summed E-state index contributed by atoms with van der Waals surface area (Å²) >= 11 is 0. The molecule has 2 amide bonds. The summed E-state index contributed by atoms with van der Waals surface area (Å²) in [7, 11) is 0. The van der Waals surface area contributed by atoms with Crippen molar-refractivity contribution in [1.82, 2.24) is 4.90 Å². The Labute approximate surface area is 190 Å². The Balaban J connectivity index is 1.40. The largest absolute Gasteiger partial charge is 0.494 e. The number of nitrogens with zero attached hydrogens (tertiary/aromatic N) is 1. The van der Waals surface area contributed by atoms with Crippen LogP contribution in [0.2, 0.25) is 0 Å². The predicted octanol–water partition coefficient (Wildman–Crippen LogP) is 4.23. The van der Waals surface area contributed by atoms with Crippen LogP contribution >= 0.6 is 0 Å². The summed E-state index contributed by atoms with van der Waals surface area (Å²) in [4.78, 5) is 37.4. The number of amides is 2. The third-order valence-corrected chi connectivity index (χ3v) is 6.21. The molecule has 1 saturated carbocycles. The molecule has 7 heteroatoms. The Morgan fingerprint density at radius 3 is 2.66 bits per heavy atom. The van der Waals surface area contributed by atoms with Crippen molar-refractivity contribution in [3.8, 4) is 5.75 Å². The van der Waals surface area contributed by atoms with Crippen LogP contribution in [0.4, 0.5) is 5.69 Å². The highest BCUT2D eigenvalue weighted by Gasteiger charge is 2.24. The van der Waals surface area contributed by atoms with Crippen LogP contribution < -0.4 is 10.1 Å². The van der Waals surface area contributed by atoms with Crippen LogP contribution in [-0.4, -0.2) is 48.5 Å². The van der Waals surface area contributed by atoms with Crippen LogP contribution in [0.3, 0.4) is 0 Å². The van der Waals surface area contributed by atoms with Gasteiger partial charge in [-0.05, 0) is 62.3 Å². The number of nitrogens with one attached hydrogen (secondary N) is 1. The summed E-state index contributed by atoms with van der Waals surface area (Å²) in [6.07, 6.45) is 9.79. The van der Waals surface area contributed by atoms with E-state index in [1.54, 1.807) is 0 Å². The number of carbonyl (C=O) groups excluding carboxylic acids is 3. The molecule has 1 N–H and O–H groups in total. The van der Waals surface area contributed by atoms with Crippen LogP contribution in [0.1, 0.15) is 76.7 Å². The number of ether oxygens (including phenoxy) is 2. The van der Waals surface area contributed by atoms with Crippen molar-refractivity contribution in [3.05, 3.63) is 23.8 Å². The molecule has 0 bridgehead atoms. The van der Waals surface area contributed by atoms with Crippen LogP contribution in [-0.2, 0) is 25.5 Å². The summed E-state index contributed by atoms with van der Waals surface area (Å²) in [5.74, 6) is 0.790. The highest BCUT2D eigenvalue weighted by molar-refractivity contribution is 5.94. The zero-order valence-corrected chi connectivity index (χ0v) is 19.2. The molecule has 1 aliphatic carbocycles. The van der Waals surface area contributed by atoms with Gasteiger partial charge < -0.3 is 19.7 Å². The van der Waals surface area contributed by atoms with Crippen LogP contribution in [0, 0.1) is 0 Å². The van der Waals surface area contributed by atoms with Gasteiger partial charge in [0.1, 0.15) is 5.75 Å². The fraction of sp³-hybridized carbons (Fsp3) is 0.640. The van der Waals surface area contributed by atoms with E-state index < -0.39 is 0 Å². The van der Waals surface area contributed by atoms with E-state index >= 15 is 0 Å². The molecule has 2 aliphatic rings. The second kappa shape index (κ2) is 12.5. The van der Waals surface area contributed by atoms with Crippen molar-refractivity contribution in [3.63, 3.8) is 0 Å². The van der Waals surface area contributed by atoms with Crippen LogP contribution in [0.5, 0.6) is 5.75 Å². The predicted molar refractivity (Wildman–Crippen MR) is 123 cm³/mol. The minimum absolute atomic E-state index is 0.0597. The lowest BCUT2D eigenvalue weighted by Gasteiger charge is -2.34. The normalized spacial score (nSPS) is 16.1. The number of rotatable bonds is 11. The van der Waals surface area contributed by atoms with Gasteiger partial charge in [-0.2, -0.15) is 0 Å². The number of benzene rings is 1. The third-order valence-electron chi connectivity index (χ3n) is 6.21. The SMILES string of the molecule is CC(=O)OCCCN(C(=O)CCCCOc1ccc2c(c1)CCC(=O)N2)C1CCCCC1. The van der Waals surface area contributed by atoms with E-state index in [0.717, 1.165) is 49.1 Å². The lowest BCUT2D eigenvalue weighted by molar-refractivity contribution is -0.141. The van der Waals surface area contributed by atoms with Gasteiger partial charge in [0.25, 0.3) is 0 Å². The zero-order valence-electron chi connectivity index (χ0n) is 19.2. The minimum Gasteiger partial charge on any atom is -0.494 e. The van der Waals surface area contributed by atoms with Crippen molar-refractivity contribution in [2.45, 2.75) is 83.6 Å². The van der Waals surface area contributed by atoms with E-state index in [-0.39, 0.29) is 17.8 Å².